The lowest BCUT2D eigenvalue weighted by Crippen LogP contribution is -2.54. The van der Waals surface area contributed by atoms with Gasteiger partial charge in [-0.3, -0.25) is 14.9 Å². The number of amides is 4. The van der Waals surface area contributed by atoms with Crippen molar-refractivity contribution < 1.29 is 23.9 Å². The van der Waals surface area contributed by atoms with Gasteiger partial charge in [-0.1, -0.05) is 12.1 Å². The Balaban J connectivity index is 1.99. The lowest BCUT2D eigenvalue weighted by Gasteiger charge is -2.26. The van der Waals surface area contributed by atoms with E-state index in [1.54, 1.807) is 0 Å². The molecule has 2 aromatic rings. The van der Waals surface area contributed by atoms with E-state index in [2.05, 4.69) is 5.32 Å². The highest BCUT2D eigenvalue weighted by Crippen LogP contribution is 2.22. The molecule has 2 N–H and O–H groups in total. The first-order chi connectivity index (χ1) is 11.5. The first kappa shape index (κ1) is 15.4. The third-order valence-electron chi connectivity index (χ3n) is 3.39. The van der Waals surface area contributed by atoms with Crippen LogP contribution in [0.25, 0.3) is 6.08 Å². The van der Waals surface area contributed by atoms with Crippen LogP contribution in [0.1, 0.15) is 5.56 Å². The molecular formula is C17H11FN2O4. The number of urea groups is 1. The number of aromatic hydroxyl groups is 1. The molecule has 0 radical (unpaired) electrons. The van der Waals surface area contributed by atoms with Gasteiger partial charge in [-0.05, 0) is 48.0 Å². The van der Waals surface area contributed by atoms with Crippen LogP contribution < -0.4 is 10.2 Å². The fraction of sp³-hybridized carbons (Fsp3) is 0. The number of phenolic OH excluding ortho intramolecular Hbond substituents is 1. The van der Waals surface area contributed by atoms with Gasteiger partial charge in [0.25, 0.3) is 11.8 Å². The number of barbiturate groups is 1. The first-order valence-corrected chi connectivity index (χ1v) is 6.92. The predicted octanol–water partition coefficient (Wildman–Crippen LogP) is 2.20. The minimum absolute atomic E-state index is 0.0414. The zero-order valence-electron chi connectivity index (χ0n) is 12.2. The SMILES string of the molecule is O=C1NC(=O)N(c2ccc(F)cc2)C(=O)/C1=C/c1ccc(O)cc1. The molecular weight excluding hydrogens is 315 g/mol. The minimum atomic E-state index is -0.903. The number of anilines is 1. The van der Waals surface area contributed by atoms with Crippen LogP contribution >= 0.6 is 0 Å². The third-order valence-corrected chi connectivity index (χ3v) is 3.39. The first-order valence-electron chi connectivity index (χ1n) is 6.92. The number of benzene rings is 2. The molecule has 0 atom stereocenters. The van der Waals surface area contributed by atoms with Crippen molar-refractivity contribution in [2.75, 3.05) is 4.90 Å². The molecule has 0 bridgehead atoms. The Morgan fingerprint density at radius 1 is 0.958 bits per heavy atom. The molecule has 2 aromatic carbocycles. The zero-order chi connectivity index (χ0) is 17.3. The van der Waals surface area contributed by atoms with Gasteiger partial charge >= 0.3 is 6.03 Å². The molecule has 7 heteroatoms. The van der Waals surface area contributed by atoms with Gasteiger partial charge in [0.2, 0.25) is 0 Å². The molecule has 1 fully saturated rings. The third kappa shape index (κ3) is 2.87. The molecule has 0 spiro atoms. The van der Waals surface area contributed by atoms with Crippen LogP contribution in [0.2, 0.25) is 0 Å². The Morgan fingerprint density at radius 3 is 2.21 bits per heavy atom. The smallest absolute Gasteiger partial charge is 0.335 e. The lowest BCUT2D eigenvalue weighted by atomic mass is 10.1. The number of rotatable bonds is 2. The number of carbonyl (C=O) groups is 3. The van der Waals surface area contributed by atoms with Gasteiger partial charge in [0.05, 0.1) is 5.69 Å². The number of phenols is 1. The summed E-state index contributed by atoms with van der Waals surface area (Å²) in [6.07, 6.45) is 1.31. The molecule has 1 aliphatic rings. The van der Waals surface area contributed by atoms with E-state index in [0.717, 1.165) is 17.0 Å². The normalized spacial score (nSPS) is 16.5. The van der Waals surface area contributed by atoms with E-state index in [4.69, 9.17) is 0 Å². The van der Waals surface area contributed by atoms with Crippen molar-refractivity contribution in [2.24, 2.45) is 0 Å². The largest absolute Gasteiger partial charge is 0.508 e. The van der Waals surface area contributed by atoms with Crippen molar-refractivity contribution in [1.29, 1.82) is 0 Å². The number of hydrogen-bond donors (Lipinski definition) is 2. The molecule has 120 valence electrons. The average Bonchev–Trinajstić information content (AvgIpc) is 2.55. The van der Waals surface area contributed by atoms with Crippen LogP contribution in [0.15, 0.2) is 54.1 Å². The molecule has 0 unspecified atom stereocenters. The predicted molar refractivity (Wildman–Crippen MR) is 83.5 cm³/mol. The Labute approximate surface area is 135 Å². The quantitative estimate of drug-likeness (QED) is 0.654. The second-order valence-electron chi connectivity index (χ2n) is 5.03. The van der Waals surface area contributed by atoms with Gasteiger partial charge in [0, 0.05) is 0 Å². The van der Waals surface area contributed by atoms with Gasteiger partial charge in [0.1, 0.15) is 17.1 Å². The van der Waals surface area contributed by atoms with Crippen LogP contribution in [-0.4, -0.2) is 23.0 Å². The fourth-order valence-corrected chi connectivity index (χ4v) is 2.22. The summed E-state index contributed by atoms with van der Waals surface area (Å²) in [5.74, 6) is -2.11. The Kier molecular flexibility index (Phi) is 3.83. The van der Waals surface area contributed by atoms with Crippen LogP contribution in [0.4, 0.5) is 14.9 Å². The van der Waals surface area contributed by atoms with Gasteiger partial charge in [-0.15, -0.1) is 0 Å². The van der Waals surface area contributed by atoms with E-state index in [0.29, 0.717) is 5.56 Å². The molecule has 4 amide bonds. The molecule has 0 aromatic heterocycles. The highest BCUT2D eigenvalue weighted by molar-refractivity contribution is 6.39. The summed E-state index contributed by atoms with van der Waals surface area (Å²) in [6.45, 7) is 0. The number of imide groups is 2. The Bertz CT molecular complexity index is 857. The summed E-state index contributed by atoms with van der Waals surface area (Å²) >= 11 is 0. The molecule has 0 aliphatic carbocycles. The number of nitrogens with zero attached hydrogens (tertiary/aromatic N) is 1. The summed E-state index contributed by atoms with van der Waals surface area (Å²) in [5, 5.41) is 11.3. The summed E-state index contributed by atoms with van der Waals surface area (Å²) in [5.41, 5.74) is 0.396. The van der Waals surface area contributed by atoms with Crippen LogP contribution in [-0.2, 0) is 9.59 Å². The minimum Gasteiger partial charge on any atom is -0.508 e. The molecule has 24 heavy (non-hydrogen) atoms. The summed E-state index contributed by atoms with van der Waals surface area (Å²) in [6, 6.07) is 9.68. The van der Waals surface area contributed by atoms with Crippen molar-refractivity contribution in [3.05, 3.63) is 65.5 Å². The second-order valence-corrected chi connectivity index (χ2v) is 5.03. The maximum absolute atomic E-state index is 13.0. The number of hydrogen-bond acceptors (Lipinski definition) is 4. The highest BCUT2D eigenvalue weighted by atomic mass is 19.1. The topological polar surface area (TPSA) is 86.7 Å². The maximum atomic E-state index is 13.0. The van der Waals surface area contributed by atoms with Gasteiger partial charge in [-0.2, -0.15) is 0 Å². The number of carbonyl (C=O) groups excluding carboxylic acids is 3. The van der Waals surface area contributed by atoms with E-state index >= 15 is 0 Å². The van der Waals surface area contributed by atoms with Crippen molar-refractivity contribution in [1.82, 2.24) is 5.32 Å². The van der Waals surface area contributed by atoms with E-state index < -0.39 is 23.7 Å². The summed E-state index contributed by atoms with van der Waals surface area (Å²) in [7, 11) is 0. The lowest BCUT2D eigenvalue weighted by molar-refractivity contribution is -0.122. The summed E-state index contributed by atoms with van der Waals surface area (Å²) in [4.78, 5) is 37.2. The summed E-state index contributed by atoms with van der Waals surface area (Å²) < 4.78 is 13.0. The van der Waals surface area contributed by atoms with Gasteiger partial charge in [-0.25, -0.2) is 14.1 Å². The Morgan fingerprint density at radius 2 is 1.58 bits per heavy atom. The van der Waals surface area contributed by atoms with Crippen molar-refractivity contribution >= 4 is 29.6 Å². The second kappa shape index (κ2) is 5.96. The molecule has 0 saturated carbocycles. The van der Waals surface area contributed by atoms with Crippen molar-refractivity contribution in [3.63, 3.8) is 0 Å². The van der Waals surface area contributed by atoms with Crippen LogP contribution in [0.3, 0.4) is 0 Å². The van der Waals surface area contributed by atoms with E-state index in [1.807, 2.05) is 0 Å². The average molecular weight is 326 g/mol. The van der Waals surface area contributed by atoms with Crippen LogP contribution in [0, 0.1) is 5.82 Å². The van der Waals surface area contributed by atoms with Gasteiger partial charge < -0.3 is 5.11 Å². The number of halogens is 1. The fourth-order valence-electron chi connectivity index (χ4n) is 2.22. The zero-order valence-corrected chi connectivity index (χ0v) is 12.2. The van der Waals surface area contributed by atoms with E-state index in [-0.39, 0.29) is 17.0 Å². The standard InChI is InChI=1S/C17H11FN2O4/c18-11-3-5-12(6-4-11)20-16(23)14(15(22)19-17(20)24)9-10-1-7-13(21)8-2-10/h1-9,21H,(H,19,22,24)/b14-9+. The molecule has 1 aliphatic heterocycles. The molecule has 6 nitrogen and oxygen atoms in total. The highest BCUT2D eigenvalue weighted by Gasteiger charge is 2.36. The maximum Gasteiger partial charge on any atom is 0.335 e. The van der Waals surface area contributed by atoms with Gasteiger partial charge in [0.15, 0.2) is 0 Å². The van der Waals surface area contributed by atoms with Crippen molar-refractivity contribution in [3.8, 4) is 5.75 Å². The van der Waals surface area contributed by atoms with E-state index in [9.17, 15) is 23.9 Å². The molecule has 3 rings (SSSR count). The van der Waals surface area contributed by atoms with Crippen LogP contribution in [0.5, 0.6) is 5.75 Å². The molecule has 1 heterocycles. The van der Waals surface area contributed by atoms with Crippen molar-refractivity contribution in [2.45, 2.75) is 0 Å². The Hall–Kier alpha value is -3.48. The van der Waals surface area contributed by atoms with E-state index in [1.165, 1.54) is 42.5 Å². The molecule has 1 saturated heterocycles. The number of nitrogens with one attached hydrogen (secondary N) is 1. The monoisotopic (exact) mass is 326 g/mol.